The van der Waals surface area contributed by atoms with Crippen molar-refractivity contribution in [2.24, 2.45) is 5.92 Å². The molecule has 5 rings (SSSR count). The molecule has 45 heavy (non-hydrogen) atoms. The van der Waals surface area contributed by atoms with Gasteiger partial charge in [0.05, 0.1) is 0 Å². The minimum absolute atomic E-state index is 0.301. The fraction of sp³-hybridized carbons (Fsp3) is 0.500. The number of rotatable bonds is 14. The van der Waals surface area contributed by atoms with Crippen molar-refractivity contribution in [1.29, 1.82) is 0 Å². The van der Waals surface area contributed by atoms with Crippen molar-refractivity contribution in [1.82, 2.24) is 10.6 Å². The van der Waals surface area contributed by atoms with Gasteiger partial charge in [-0.15, -0.1) is 0 Å². The second-order valence-electron chi connectivity index (χ2n) is 12.7. The predicted octanol–water partition coefficient (Wildman–Crippen LogP) is 9.15. The molecule has 5 heteroatoms. The first-order valence-corrected chi connectivity index (χ1v) is 17.5. The van der Waals surface area contributed by atoms with Gasteiger partial charge in [0.1, 0.15) is 11.6 Å². The van der Waals surface area contributed by atoms with E-state index in [1.165, 1.54) is 71.8 Å². The molecule has 2 N–H and O–H groups in total. The number of aryl methyl sites for hydroxylation is 4. The molecule has 1 fully saturated rings. The number of fused-ring (bicyclic) bond motifs is 1. The molecular weight excluding hydrogens is 560 g/mol. The van der Waals surface area contributed by atoms with Gasteiger partial charge in [0.2, 0.25) is 0 Å². The molecule has 2 atom stereocenters. The van der Waals surface area contributed by atoms with E-state index in [2.05, 4.69) is 64.6 Å². The maximum Gasteiger partial charge on any atom is 0.126 e. The van der Waals surface area contributed by atoms with E-state index in [1.807, 2.05) is 20.8 Å². The van der Waals surface area contributed by atoms with Crippen LogP contribution in [0.4, 0.5) is 14.5 Å². The zero-order valence-electron chi connectivity index (χ0n) is 27.9. The Balaban J connectivity index is 0.00000226. The van der Waals surface area contributed by atoms with Gasteiger partial charge in [0.15, 0.2) is 0 Å². The molecule has 2 aliphatic rings. The van der Waals surface area contributed by atoms with Crippen LogP contribution < -0.4 is 15.5 Å². The molecule has 0 saturated carbocycles. The molecule has 244 valence electrons. The van der Waals surface area contributed by atoms with Crippen molar-refractivity contribution in [3.05, 3.63) is 112 Å². The summed E-state index contributed by atoms with van der Waals surface area (Å²) in [6, 6.07) is 20.3. The molecule has 2 unspecified atom stereocenters. The predicted molar refractivity (Wildman–Crippen MR) is 187 cm³/mol. The van der Waals surface area contributed by atoms with Crippen LogP contribution >= 0.6 is 0 Å². The first kappa shape index (κ1) is 34.7. The molecule has 0 amide bonds. The first-order chi connectivity index (χ1) is 22.0. The smallest absolute Gasteiger partial charge is 0.126 e. The molecule has 0 aliphatic carbocycles. The lowest BCUT2D eigenvalue weighted by Gasteiger charge is -2.34. The summed E-state index contributed by atoms with van der Waals surface area (Å²) < 4.78 is 27.3. The summed E-state index contributed by atoms with van der Waals surface area (Å²) in [5.41, 5.74) is 8.73. The van der Waals surface area contributed by atoms with Crippen LogP contribution in [0, 0.1) is 17.6 Å². The van der Waals surface area contributed by atoms with Crippen LogP contribution in [0.2, 0.25) is 0 Å². The second kappa shape index (κ2) is 18.1. The van der Waals surface area contributed by atoms with Crippen molar-refractivity contribution in [3.8, 4) is 0 Å². The molecule has 0 aromatic heterocycles. The molecule has 0 bridgehead atoms. The van der Waals surface area contributed by atoms with Crippen LogP contribution in [-0.2, 0) is 25.7 Å². The number of allylic oxidation sites excluding steroid dienone is 1. The lowest BCUT2D eigenvalue weighted by molar-refractivity contribution is 0.309. The minimum Gasteiger partial charge on any atom is -0.387 e. The normalized spacial score (nSPS) is 17.7. The first-order valence-electron chi connectivity index (χ1n) is 17.5. The van der Waals surface area contributed by atoms with Crippen LogP contribution in [0.3, 0.4) is 0 Å². The van der Waals surface area contributed by atoms with Crippen LogP contribution in [0.25, 0.3) is 0 Å². The zero-order chi connectivity index (χ0) is 32.0. The monoisotopic (exact) mass is 615 g/mol. The van der Waals surface area contributed by atoms with Crippen molar-refractivity contribution < 1.29 is 8.78 Å². The van der Waals surface area contributed by atoms with Crippen molar-refractivity contribution in [3.63, 3.8) is 0 Å². The van der Waals surface area contributed by atoms with E-state index in [0.717, 1.165) is 70.5 Å². The van der Waals surface area contributed by atoms with Crippen molar-refractivity contribution >= 4 is 5.69 Å². The molecular formula is C40H55F2N3. The Morgan fingerprint density at radius 3 is 2.51 bits per heavy atom. The van der Waals surface area contributed by atoms with Gasteiger partial charge in [0, 0.05) is 31.0 Å². The Labute approximate surface area is 271 Å². The molecule has 2 heterocycles. The Bertz CT molecular complexity index is 1340. The van der Waals surface area contributed by atoms with Gasteiger partial charge in [-0.1, -0.05) is 63.2 Å². The third-order valence-corrected chi connectivity index (χ3v) is 9.41. The fourth-order valence-electron chi connectivity index (χ4n) is 6.99. The summed E-state index contributed by atoms with van der Waals surface area (Å²) in [6.07, 6.45) is 10.5. The Morgan fingerprint density at radius 1 is 0.933 bits per heavy atom. The largest absolute Gasteiger partial charge is 0.387 e. The molecule has 3 nitrogen and oxygen atoms in total. The summed E-state index contributed by atoms with van der Waals surface area (Å²) in [5.74, 6) is 0.569. The fourth-order valence-corrected chi connectivity index (χ4v) is 6.99. The van der Waals surface area contributed by atoms with Crippen molar-refractivity contribution in [2.45, 2.75) is 90.9 Å². The number of nitrogens with zero attached hydrogens (tertiary/aromatic N) is 1. The highest BCUT2D eigenvalue weighted by atomic mass is 19.1. The van der Waals surface area contributed by atoms with E-state index < -0.39 is 0 Å². The summed E-state index contributed by atoms with van der Waals surface area (Å²) in [6.45, 7) is 15.3. The SMILES string of the molecule is C=C(C)NCCN1CCCc2ccc(CCC3CNCCC3c3ccc(CCCCCc4cc(F)ccc4F)cc3)cc21.CC. The van der Waals surface area contributed by atoms with Gasteiger partial charge in [-0.2, -0.15) is 0 Å². The summed E-state index contributed by atoms with van der Waals surface area (Å²) in [5, 5.41) is 7.05. The quantitative estimate of drug-likeness (QED) is 0.177. The number of unbranched alkanes of at least 4 members (excludes halogenated alkanes) is 2. The van der Waals surface area contributed by atoms with Gasteiger partial charge < -0.3 is 15.5 Å². The number of nitrogens with one attached hydrogen (secondary N) is 2. The van der Waals surface area contributed by atoms with Gasteiger partial charge in [-0.3, -0.25) is 0 Å². The Hall–Kier alpha value is -3.18. The maximum atomic E-state index is 13.9. The number of hydrogen-bond acceptors (Lipinski definition) is 3. The molecule has 0 radical (unpaired) electrons. The van der Waals surface area contributed by atoms with Gasteiger partial charge in [0.25, 0.3) is 0 Å². The summed E-state index contributed by atoms with van der Waals surface area (Å²) >= 11 is 0. The molecule has 3 aromatic rings. The third-order valence-electron chi connectivity index (χ3n) is 9.41. The number of anilines is 1. The molecule has 2 aliphatic heterocycles. The van der Waals surface area contributed by atoms with E-state index in [9.17, 15) is 8.78 Å². The van der Waals surface area contributed by atoms with Gasteiger partial charge >= 0.3 is 0 Å². The molecule has 3 aromatic carbocycles. The summed E-state index contributed by atoms with van der Waals surface area (Å²) in [4.78, 5) is 2.55. The maximum absolute atomic E-state index is 13.9. The second-order valence-corrected chi connectivity index (χ2v) is 12.7. The highest BCUT2D eigenvalue weighted by Crippen LogP contribution is 2.35. The highest BCUT2D eigenvalue weighted by molar-refractivity contribution is 5.57. The van der Waals surface area contributed by atoms with Gasteiger partial charge in [-0.25, -0.2) is 8.78 Å². The van der Waals surface area contributed by atoms with Crippen molar-refractivity contribution in [2.75, 3.05) is 37.6 Å². The van der Waals surface area contributed by atoms with E-state index in [4.69, 9.17) is 0 Å². The molecule has 0 spiro atoms. The van der Waals surface area contributed by atoms with E-state index in [1.54, 1.807) is 0 Å². The Kier molecular flexibility index (Phi) is 13.9. The minimum atomic E-state index is -0.360. The lowest BCUT2D eigenvalue weighted by atomic mass is 9.78. The highest BCUT2D eigenvalue weighted by Gasteiger charge is 2.26. The Morgan fingerprint density at radius 2 is 1.71 bits per heavy atom. The number of piperidine rings is 1. The number of benzene rings is 3. The third kappa shape index (κ3) is 10.4. The van der Waals surface area contributed by atoms with E-state index in [0.29, 0.717) is 23.8 Å². The number of hydrogen-bond donors (Lipinski definition) is 2. The lowest BCUT2D eigenvalue weighted by Crippen LogP contribution is -2.36. The zero-order valence-corrected chi connectivity index (χ0v) is 27.9. The van der Waals surface area contributed by atoms with Gasteiger partial charge in [-0.05, 0) is 142 Å². The van der Waals surface area contributed by atoms with Crippen LogP contribution in [0.1, 0.15) is 93.0 Å². The average molecular weight is 616 g/mol. The number of halogens is 2. The van der Waals surface area contributed by atoms with Crippen LogP contribution in [-0.4, -0.2) is 32.7 Å². The summed E-state index contributed by atoms with van der Waals surface area (Å²) in [7, 11) is 0. The topological polar surface area (TPSA) is 27.3 Å². The standard InChI is InChI=1S/C38H49F2N3.C2H6/c1-28(2)42-22-24-43-23-6-9-32-16-12-30(25-38(32)43)13-17-34-27-41-21-20-36(34)31-14-10-29(11-15-31)7-4-3-5-8-33-26-35(39)18-19-37(33)40;1-2/h10-12,14-16,18-19,25-26,34,36,41-42H,1,3-9,13,17,20-24,27H2,2H3;1-2H3. The van der Waals surface area contributed by atoms with Crippen LogP contribution in [0.15, 0.2) is 72.9 Å². The average Bonchev–Trinajstić information content (AvgIpc) is 3.06. The van der Waals surface area contributed by atoms with E-state index in [-0.39, 0.29) is 11.6 Å². The molecule has 1 saturated heterocycles. The van der Waals surface area contributed by atoms with E-state index >= 15 is 0 Å². The van der Waals surface area contributed by atoms with Crippen LogP contribution in [0.5, 0.6) is 0 Å².